The molecule has 0 spiro atoms. The zero-order valence-corrected chi connectivity index (χ0v) is 13.4. The SMILES string of the molecule is C[C@@H]1CN(Cc2cncs2)CCN1C(=O)OC(C)(C)C. The van der Waals surface area contributed by atoms with Gasteiger partial charge in [0.05, 0.1) is 5.51 Å². The minimum Gasteiger partial charge on any atom is -0.444 e. The minimum absolute atomic E-state index is 0.173. The fourth-order valence-corrected chi connectivity index (χ4v) is 2.94. The van der Waals surface area contributed by atoms with Crippen LogP contribution in [-0.4, -0.2) is 52.2 Å². The summed E-state index contributed by atoms with van der Waals surface area (Å²) in [5.74, 6) is 0. The van der Waals surface area contributed by atoms with Gasteiger partial charge in [0.15, 0.2) is 0 Å². The molecule has 2 rings (SSSR count). The Kier molecular flexibility index (Phi) is 4.65. The molecule has 1 amide bonds. The summed E-state index contributed by atoms with van der Waals surface area (Å²) in [6, 6.07) is 0.173. The van der Waals surface area contributed by atoms with Gasteiger partial charge in [-0.1, -0.05) is 0 Å². The van der Waals surface area contributed by atoms with Gasteiger partial charge in [-0.3, -0.25) is 9.88 Å². The fraction of sp³-hybridized carbons (Fsp3) is 0.714. The van der Waals surface area contributed by atoms with E-state index in [4.69, 9.17) is 4.74 Å². The zero-order chi connectivity index (χ0) is 14.8. The van der Waals surface area contributed by atoms with Crippen LogP contribution in [-0.2, 0) is 11.3 Å². The van der Waals surface area contributed by atoms with Crippen LogP contribution in [0, 0.1) is 0 Å². The molecule has 0 saturated carbocycles. The molecule has 0 aromatic carbocycles. The number of thiazole rings is 1. The van der Waals surface area contributed by atoms with Crippen LogP contribution in [0.5, 0.6) is 0 Å². The molecule has 1 atom stereocenters. The monoisotopic (exact) mass is 297 g/mol. The van der Waals surface area contributed by atoms with Gasteiger partial charge in [0, 0.05) is 43.3 Å². The van der Waals surface area contributed by atoms with E-state index in [2.05, 4.69) is 16.8 Å². The molecule has 5 nitrogen and oxygen atoms in total. The van der Waals surface area contributed by atoms with Crippen LogP contribution in [0.1, 0.15) is 32.6 Å². The Labute approximate surface area is 124 Å². The molecule has 1 fully saturated rings. The molecule has 0 N–H and O–H groups in total. The number of aromatic nitrogens is 1. The molecule has 0 aliphatic carbocycles. The normalized spacial score (nSPS) is 21.0. The summed E-state index contributed by atoms with van der Waals surface area (Å²) in [6.07, 6.45) is 1.71. The molecule has 20 heavy (non-hydrogen) atoms. The Bertz CT molecular complexity index is 442. The number of carbonyl (C=O) groups excluding carboxylic acids is 1. The Hall–Kier alpha value is -1.14. The van der Waals surface area contributed by atoms with Crippen LogP contribution in [0.4, 0.5) is 4.79 Å². The van der Waals surface area contributed by atoms with Gasteiger partial charge < -0.3 is 9.64 Å². The van der Waals surface area contributed by atoms with Crippen LogP contribution in [0.2, 0.25) is 0 Å². The Morgan fingerprint density at radius 3 is 2.80 bits per heavy atom. The van der Waals surface area contributed by atoms with Crippen LogP contribution < -0.4 is 0 Å². The topological polar surface area (TPSA) is 45.7 Å². The lowest BCUT2D eigenvalue weighted by Crippen LogP contribution is -2.54. The molecular weight excluding hydrogens is 274 g/mol. The van der Waals surface area contributed by atoms with Crippen LogP contribution >= 0.6 is 11.3 Å². The second kappa shape index (κ2) is 6.10. The van der Waals surface area contributed by atoms with Gasteiger partial charge in [-0.2, -0.15) is 0 Å². The molecule has 112 valence electrons. The standard InChI is InChI=1S/C14H23N3O2S/c1-11-8-16(9-12-7-15-10-20-12)5-6-17(11)13(18)19-14(2,3)4/h7,10-11H,5-6,8-9H2,1-4H3/t11-/m1/s1. The zero-order valence-electron chi connectivity index (χ0n) is 12.6. The van der Waals surface area contributed by atoms with Gasteiger partial charge in [0.2, 0.25) is 0 Å². The highest BCUT2D eigenvalue weighted by Gasteiger charge is 2.30. The second-order valence-electron chi connectivity index (χ2n) is 6.23. The van der Waals surface area contributed by atoms with Crippen molar-refractivity contribution in [1.29, 1.82) is 0 Å². The predicted molar refractivity (Wildman–Crippen MR) is 79.8 cm³/mol. The van der Waals surface area contributed by atoms with E-state index in [1.807, 2.05) is 37.4 Å². The van der Waals surface area contributed by atoms with Gasteiger partial charge in [0.25, 0.3) is 0 Å². The lowest BCUT2D eigenvalue weighted by atomic mass is 10.2. The van der Waals surface area contributed by atoms with Crippen LogP contribution in [0.3, 0.4) is 0 Å². The molecule has 0 radical (unpaired) electrons. The number of piperazine rings is 1. The summed E-state index contributed by atoms with van der Waals surface area (Å²) in [5, 5.41) is 0. The molecule has 0 unspecified atom stereocenters. The maximum Gasteiger partial charge on any atom is 0.410 e. The van der Waals surface area contributed by atoms with Crippen molar-refractivity contribution in [2.75, 3.05) is 19.6 Å². The third-order valence-corrected chi connectivity index (χ3v) is 3.97. The third kappa shape index (κ3) is 4.18. The Balaban J connectivity index is 1.87. The van der Waals surface area contributed by atoms with Crippen molar-refractivity contribution in [2.45, 2.75) is 45.9 Å². The average Bonchev–Trinajstić information content (AvgIpc) is 2.79. The van der Waals surface area contributed by atoms with Crippen LogP contribution in [0.15, 0.2) is 11.7 Å². The van der Waals surface area contributed by atoms with Crippen molar-refractivity contribution < 1.29 is 9.53 Å². The van der Waals surface area contributed by atoms with Crippen molar-refractivity contribution in [1.82, 2.24) is 14.8 Å². The Morgan fingerprint density at radius 2 is 2.25 bits per heavy atom. The van der Waals surface area contributed by atoms with Gasteiger partial charge in [-0.25, -0.2) is 4.79 Å². The van der Waals surface area contributed by atoms with Crippen molar-refractivity contribution in [2.24, 2.45) is 0 Å². The molecule has 6 heteroatoms. The second-order valence-corrected chi connectivity index (χ2v) is 7.20. The first kappa shape index (κ1) is 15.3. The summed E-state index contributed by atoms with van der Waals surface area (Å²) in [7, 11) is 0. The third-order valence-electron chi connectivity index (χ3n) is 3.20. The quantitative estimate of drug-likeness (QED) is 0.841. The molecule has 1 saturated heterocycles. The largest absolute Gasteiger partial charge is 0.444 e. The highest BCUT2D eigenvalue weighted by molar-refractivity contribution is 7.09. The molecule has 1 aromatic rings. The summed E-state index contributed by atoms with van der Waals surface area (Å²) < 4.78 is 5.45. The maximum atomic E-state index is 12.1. The number of nitrogens with zero attached hydrogens (tertiary/aromatic N) is 3. The highest BCUT2D eigenvalue weighted by atomic mass is 32.1. The van der Waals surface area contributed by atoms with Gasteiger partial charge >= 0.3 is 6.09 Å². The van der Waals surface area contributed by atoms with Gasteiger partial charge in [-0.05, 0) is 27.7 Å². The van der Waals surface area contributed by atoms with Crippen molar-refractivity contribution in [3.63, 3.8) is 0 Å². The fourth-order valence-electron chi connectivity index (χ4n) is 2.31. The van der Waals surface area contributed by atoms with Crippen LogP contribution in [0.25, 0.3) is 0 Å². The van der Waals surface area contributed by atoms with E-state index in [1.54, 1.807) is 11.3 Å². The summed E-state index contributed by atoms with van der Waals surface area (Å²) in [5.41, 5.74) is 1.42. The molecule has 1 aliphatic heterocycles. The van der Waals surface area contributed by atoms with E-state index in [9.17, 15) is 4.79 Å². The van der Waals surface area contributed by atoms with E-state index >= 15 is 0 Å². The number of carbonyl (C=O) groups is 1. The van der Waals surface area contributed by atoms with Gasteiger partial charge in [-0.15, -0.1) is 11.3 Å². The molecular formula is C14H23N3O2S. The average molecular weight is 297 g/mol. The van der Waals surface area contributed by atoms with Gasteiger partial charge in [0.1, 0.15) is 5.60 Å². The smallest absolute Gasteiger partial charge is 0.410 e. The number of ether oxygens (including phenoxy) is 1. The van der Waals surface area contributed by atoms with Crippen molar-refractivity contribution in [3.05, 3.63) is 16.6 Å². The van der Waals surface area contributed by atoms with E-state index < -0.39 is 5.60 Å². The lowest BCUT2D eigenvalue weighted by molar-refractivity contribution is 0.000661. The summed E-state index contributed by atoms with van der Waals surface area (Å²) >= 11 is 1.67. The predicted octanol–water partition coefficient (Wildman–Crippen LogP) is 2.58. The summed E-state index contributed by atoms with van der Waals surface area (Å²) in [4.78, 5) is 21.7. The molecule has 0 bridgehead atoms. The number of amides is 1. The molecule has 2 heterocycles. The maximum absolute atomic E-state index is 12.1. The van der Waals surface area contributed by atoms with Crippen molar-refractivity contribution >= 4 is 17.4 Å². The summed E-state index contributed by atoms with van der Waals surface area (Å²) in [6.45, 7) is 11.1. The minimum atomic E-state index is -0.434. The number of hydrogen-bond donors (Lipinski definition) is 0. The van der Waals surface area contributed by atoms with E-state index in [-0.39, 0.29) is 12.1 Å². The van der Waals surface area contributed by atoms with E-state index in [0.29, 0.717) is 0 Å². The lowest BCUT2D eigenvalue weighted by Gasteiger charge is -2.40. The first-order valence-electron chi connectivity index (χ1n) is 6.94. The Morgan fingerprint density at radius 1 is 1.50 bits per heavy atom. The highest BCUT2D eigenvalue weighted by Crippen LogP contribution is 2.18. The van der Waals surface area contributed by atoms with E-state index in [0.717, 1.165) is 26.2 Å². The molecule has 1 aliphatic rings. The van der Waals surface area contributed by atoms with Crippen molar-refractivity contribution in [3.8, 4) is 0 Å². The molecule has 1 aromatic heterocycles. The first-order chi connectivity index (χ1) is 9.35. The number of hydrogen-bond acceptors (Lipinski definition) is 5. The first-order valence-corrected chi connectivity index (χ1v) is 7.82. The van der Waals surface area contributed by atoms with E-state index in [1.165, 1.54) is 4.88 Å². The number of rotatable bonds is 2.